The number of aromatic amines is 1. The SMILES string of the molecule is CCCCC(C(=O)O)n1cn[nH]c1=O. The number of nitrogens with one attached hydrogen (secondary N) is 1. The Morgan fingerprint density at radius 2 is 2.50 bits per heavy atom. The summed E-state index contributed by atoms with van der Waals surface area (Å²) in [4.78, 5) is 22.0. The molecule has 0 aliphatic carbocycles. The van der Waals surface area contributed by atoms with Gasteiger partial charge in [-0.3, -0.25) is 4.57 Å². The summed E-state index contributed by atoms with van der Waals surface area (Å²) >= 11 is 0. The van der Waals surface area contributed by atoms with Gasteiger partial charge in [-0.2, -0.15) is 5.10 Å². The van der Waals surface area contributed by atoms with E-state index in [0.717, 1.165) is 17.4 Å². The zero-order valence-electron chi connectivity index (χ0n) is 7.93. The molecule has 0 bridgehead atoms. The number of carboxylic acid groups (broad SMARTS) is 1. The largest absolute Gasteiger partial charge is 0.480 e. The van der Waals surface area contributed by atoms with Crippen LogP contribution in [0.25, 0.3) is 0 Å². The Morgan fingerprint density at radius 3 is 2.93 bits per heavy atom. The van der Waals surface area contributed by atoms with Crippen LogP contribution < -0.4 is 5.69 Å². The first-order chi connectivity index (χ1) is 6.66. The van der Waals surface area contributed by atoms with E-state index in [1.807, 2.05) is 6.92 Å². The third kappa shape index (κ3) is 2.21. The van der Waals surface area contributed by atoms with E-state index >= 15 is 0 Å². The van der Waals surface area contributed by atoms with Gasteiger partial charge in [0.1, 0.15) is 12.4 Å². The summed E-state index contributed by atoms with van der Waals surface area (Å²) in [7, 11) is 0. The third-order valence-electron chi connectivity index (χ3n) is 2.03. The molecule has 0 amide bonds. The molecule has 1 aromatic rings. The fourth-order valence-electron chi connectivity index (χ4n) is 1.26. The maximum atomic E-state index is 11.1. The molecular weight excluding hydrogens is 186 g/mol. The standard InChI is InChI=1S/C8H13N3O3/c1-2-3-4-6(7(12)13)11-5-9-10-8(11)14/h5-6H,2-4H2,1H3,(H,10,14)(H,12,13). The van der Waals surface area contributed by atoms with Crippen molar-refractivity contribution in [2.45, 2.75) is 32.2 Å². The number of hydrogen-bond acceptors (Lipinski definition) is 3. The highest BCUT2D eigenvalue weighted by Crippen LogP contribution is 2.12. The molecule has 1 unspecified atom stereocenters. The second-order valence-corrected chi connectivity index (χ2v) is 3.07. The minimum atomic E-state index is -0.998. The second kappa shape index (κ2) is 4.59. The quantitative estimate of drug-likeness (QED) is 0.717. The lowest BCUT2D eigenvalue weighted by atomic mass is 10.1. The van der Waals surface area contributed by atoms with Gasteiger partial charge in [0.2, 0.25) is 0 Å². The summed E-state index contributed by atoms with van der Waals surface area (Å²) in [6.45, 7) is 1.97. The molecule has 0 aliphatic heterocycles. The van der Waals surface area contributed by atoms with E-state index in [2.05, 4.69) is 10.2 Å². The fraction of sp³-hybridized carbons (Fsp3) is 0.625. The van der Waals surface area contributed by atoms with E-state index in [1.54, 1.807) is 0 Å². The minimum absolute atomic E-state index is 0.450. The van der Waals surface area contributed by atoms with Gasteiger partial charge in [-0.05, 0) is 6.42 Å². The van der Waals surface area contributed by atoms with Crippen molar-refractivity contribution in [3.05, 3.63) is 16.8 Å². The highest BCUT2D eigenvalue weighted by atomic mass is 16.4. The topological polar surface area (TPSA) is 88.0 Å². The van der Waals surface area contributed by atoms with Crippen LogP contribution in [0.2, 0.25) is 0 Å². The lowest BCUT2D eigenvalue weighted by Gasteiger charge is -2.10. The van der Waals surface area contributed by atoms with Gasteiger partial charge in [0.05, 0.1) is 0 Å². The molecule has 2 N–H and O–H groups in total. The number of aromatic nitrogens is 3. The van der Waals surface area contributed by atoms with Crippen molar-refractivity contribution in [1.29, 1.82) is 0 Å². The average Bonchev–Trinajstić information content (AvgIpc) is 2.52. The van der Waals surface area contributed by atoms with Crippen molar-refractivity contribution in [2.75, 3.05) is 0 Å². The summed E-state index contributed by atoms with van der Waals surface area (Å²) in [5.74, 6) is -0.998. The summed E-state index contributed by atoms with van der Waals surface area (Å²) in [6, 6.07) is -0.804. The van der Waals surface area contributed by atoms with Gasteiger partial charge >= 0.3 is 11.7 Å². The van der Waals surface area contributed by atoms with Crippen LogP contribution in [-0.4, -0.2) is 25.8 Å². The van der Waals surface area contributed by atoms with Gasteiger partial charge in [-0.25, -0.2) is 14.7 Å². The molecule has 0 aromatic carbocycles. The molecule has 6 nitrogen and oxygen atoms in total. The number of aliphatic carboxylic acids is 1. The van der Waals surface area contributed by atoms with Crippen molar-refractivity contribution in [3.63, 3.8) is 0 Å². The number of H-pyrrole nitrogens is 1. The molecule has 1 atom stereocenters. The van der Waals surface area contributed by atoms with E-state index in [4.69, 9.17) is 5.11 Å². The third-order valence-corrected chi connectivity index (χ3v) is 2.03. The minimum Gasteiger partial charge on any atom is -0.480 e. The van der Waals surface area contributed by atoms with Crippen LogP contribution in [0, 0.1) is 0 Å². The maximum absolute atomic E-state index is 11.1. The molecule has 0 fully saturated rings. The van der Waals surface area contributed by atoms with E-state index < -0.39 is 17.7 Å². The number of rotatable bonds is 5. The van der Waals surface area contributed by atoms with Gasteiger partial charge in [0, 0.05) is 0 Å². The zero-order chi connectivity index (χ0) is 10.6. The predicted molar refractivity (Wildman–Crippen MR) is 49.0 cm³/mol. The predicted octanol–water partition coefficient (Wildman–Crippen LogP) is 0.387. The lowest BCUT2D eigenvalue weighted by molar-refractivity contribution is -0.141. The summed E-state index contributed by atoms with van der Waals surface area (Å²) < 4.78 is 1.11. The van der Waals surface area contributed by atoms with Gasteiger partial charge in [0.15, 0.2) is 0 Å². The van der Waals surface area contributed by atoms with Gasteiger partial charge < -0.3 is 5.11 Å². The highest BCUT2D eigenvalue weighted by Gasteiger charge is 2.20. The smallest absolute Gasteiger partial charge is 0.343 e. The Hall–Kier alpha value is -1.59. The first-order valence-electron chi connectivity index (χ1n) is 4.51. The van der Waals surface area contributed by atoms with Crippen molar-refractivity contribution in [2.24, 2.45) is 0 Å². The van der Waals surface area contributed by atoms with Crippen LogP contribution in [0.5, 0.6) is 0 Å². The first-order valence-corrected chi connectivity index (χ1v) is 4.51. The van der Waals surface area contributed by atoms with Crippen molar-refractivity contribution < 1.29 is 9.90 Å². The summed E-state index contributed by atoms with van der Waals surface area (Å²) in [5, 5.41) is 14.6. The number of unbranched alkanes of at least 4 members (excludes halogenated alkanes) is 1. The summed E-state index contributed by atoms with van der Waals surface area (Å²) in [6.07, 6.45) is 3.34. The van der Waals surface area contributed by atoms with Crippen LogP contribution in [0.3, 0.4) is 0 Å². The van der Waals surface area contributed by atoms with Crippen LogP contribution in [0.15, 0.2) is 11.1 Å². The molecule has 1 rings (SSSR count). The monoisotopic (exact) mass is 199 g/mol. The number of hydrogen-bond donors (Lipinski definition) is 2. The first kappa shape index (κ1) is 10.5. The van der Waals surface area contributed by atoms with Gasteiger partial charge in [-0.15, -0.1) is 0 Å². The Morgan fingerprint density at radius 1 is 1.79 bits per heavy atom. The lowest BCUT2D eigenvalue weighted by Crippen LogP contribution is -2.27. The zero-order valence-corrected chi connectivity index (χ0v) is 7.93. The molecule has 1 heterocycles. The fourth-order valence-corrected chi connectivity index (χ4v) is 1.26. The molecule has 1 aromatic heterocycles. The Labute approximate surface area is 80.6 Å². The molecule has 6 heteroatoms. The van der Waals surface area contributed by atoms with Crippen LogP contribution >= 0.6 is 0 Å². The number of carboxylic acids is 1. The second-order valence-electron chi connectivity index (χ2n) is 3.07. The van der Waals surface area contributed by atoms with E-state index in [-0.39, 0.29) is 0 Å². The Bertz CT molecular complexity index is 355. The molecule has 0 saturated heterocycles. The number of carbonyl (C=O) groups is 1. The average molecular weight is 199 g/mol. The van der Waals surface area contributed by atoms with Crippen molar-refractivity contribution >= 4 is 5.97 Å². The van der Waals surface area contributed by atoms with E-state index in [9.17, 15) is 9.59 Å². The molecule has 0 aliphatic rings. The van der Waals surface area contributed by atoms with Crippen LogP contribution in [-0.2, 0) is 4.79 Å². The van der Waals surface area contributed by atoms with Gasteiger partial charge in [-0.1, -0.05) is 19.8 Å². The van der Waals surface area contributed by atoms with Crippen molar-refractivity contribution in [3.8, 4) is 0 Å². The maximum Gasteiger partial charge on any atom is 0.343 e. The van der Waals surface area contributed by atoms with Crippen LogP contribution in [0.1, 0.15) is 32.2 Å². The normalized spacial score (nSPS) is 12.6. The molecular formula is C8H13N3O3. The Balaban J connectivity index is 2.83. The summed E-state index contributed by atoms with van der Waals surface area (Å²) in [5.41, 5.74) is -0.478. The molecule has 78 valence electrons. The molecule has 0 radical (unpaired) electrons. The Kier molecular flexibility index (Phi) is 3.44. The van der Waals surface area contributed by atoms with Gasteiger partial charge in [0.25, 0.3) is 0 Å². The van der Waals surface area contributed by atoms with Crippen LogP contribution in [0.4, 0.5) is 0 Å². The molecule has 0 spiro atoms. The van der Waals surface area contributed by atoms with E-state index in [0.29, 0.717) is 6.42 Å². The number of nitrogens with zero attached hydrogens (tertiary/aromatic N) is 2. The highest BCUT2D eigenvalue weighted by molar-refractivity contribution is 5.71. The molecule has 0 saturated carbocycles. The van der Waals surface area contributed by atoms with Crippen molar-refractivity contribution in [1.82, 2.24) is 14.8 Å². The van der Waals surface area contributed by atoms with E-state index in [1.165, 1.54) is 6.33 Å². The molecule has 14 heavy (non-hydrogen) atoms.